The van der Waals surface area contributed by atoms with Crippen molar-refractivity contribution in [2.75, 3.05) is 6.54 Å². The van der Waals surface area contributed by atoms with Gasteiger partial charge in [-0.25, -0.2) is 4.79 Å². The summed E-state index contributed by atoms with van der Waals surface area (Å²) in [5.74, 6) is -2.85. The van der Waals surface area contributed by atoms with Gasteiger partial charge in [-0.05, 0) is 84.5 Å². The Morgan fingerprint density at radius 3 is 2.14 bits per heavy atom. The molecule has 43 heavy (non-hydrogen) atoms. The second kappa shape index (κ2) is 14.2. The number of likely N-dealkylation sites (tertiary alicyclic amines) is 1. The van der Waals surface area contributed by atoms with Gasteiger partial charge in [-0.2, -0.15) is 0 Å². The molecule has 0 aromatic rings. The zero-order valence-electron chi connectivity index (χ0n) is 27.6. The average Bonchev–Trinajstić information content (AvgIpc) is 3.50. The predicted molar refractivity (Wildman–Crippen MR) is 164 cm³/mol. The second-order valence-electron chi connectivity index (χ2n) is 15.2. The van der Waals surface area contributed by atoms with Crippen molar-refractivity contribution in [2.45, 2.75) is 130 Å². The summed E-state index contributed by atoms with van der Waals surface area (Å²) in [6.45, 7) is 20.5. The van der Waals surface area contributed by atoms with Gasteiger partial charge in [0, 0.05) is 37.3 Å². The first-order chi connectivity index (χ1) is 19.6. The zero-order valence-corrected chi connectivity index (χ0v) is 27.6. The number of nitrogens with zero attached hydrogens (tertiary/aromatic N) is 1. The minimum absolute atomic E-state index is 0.0140. The summed E-state index contributed by atoms with van der Waals surface area (Å²) in [6.07, 6.45) is 3.15. The van der Waals surface area contributed by atoms with Gasteiger partial charge in [-0.3, -0.25) is 24.0 Å². The van der Waals surface area contributed by atoms with Crippen LogP contribution < -0.4 is 10.6 Å². The number of Topliss-reactive ketones (excluding diaryl/α,β-unsaturated/α-hetero) is 3. The Balaban J connectivity index is 2.13. The average molecular weight is 604 g/mol. The molecule has 10 nitrogen and oxygen atoms in total. The number of ether oxygens (including phenoxy) is 1. The van der Waals surface area contributed by atoms with Gasteiger partial charge in [0.1, 0.15) is 11.6 Å². The molecular weight excluding hydrogens is 550 g/mol. The number of ketones is 3. The van der Waals surface area contributed by atoms with E-state index in [1.54, 1.807) is 31.7 Å². The summed E-state index contributed by atoms with van der Waals surface area (Å²) in [4.78, 5) is 80.0. The molecule has 2 N–H and O–H groups in total. The molecule has 10 heteroatoms. The molecule has 5 atom stereocenters. The molecule has 0 radical (unpaired) electrons. The van der Waals surface area contributed by atoms with Crippen molar-refractivity contribution >= 4 is 35.3 Å². The predicted octanol–water partition coefficient (Wildman–Crippen LogP) is 4.54. The van der Waals surface area contributed by atoms with Crippen molar-refractivity contribution in [2.24, 2.45) is 23.2 Å². The van der Waals surface area contributed by atoms with Crippen molar-refractivity contribution in [1.82, 2.24) is 15.5 Å². The van der Waals surface area contributed by atoms with Gasteiger partial charge in [0.05, 0.1) is 6.04 Å². The number of amides is 3. The van der Waals surface area contributed by atoms with E-state index in [-0.39, 0.29) is 49.2 Å². The number of carbonyl (C=O) groups is 6. The third kappa shape index (κ3) is 11.2. The first kappa shape index (κ1) is 36.2. The van der Waals surface area contributed by atoms with Crippen LogP contribution in [-0.2, 0) is 28.7 Å². The summed E-state index contributed by atoms with van der Waals surface area (Å²) in [7, 11) is 0. The maximum Gasteiger partial charge on any atom is 0.315 e. The van der Waals surface area contributed by atoms with Crippen LogP contribution in [0, 0.1) is 23.2 Å². The number of carbonyl (C=O) groups excluding carboxylic acids is 6. The Hall–Kier alpha value is -3.04. The molecule has 0 aromatic carbocycles. The zero-order chi connectivity index (χ0) is 32.9. The Bertz CT molecular complexity index is 1090. The number of piperidine rings is 1. The van der Waals surface area contributed by atoms with E-state index >= 15 is 0 Å². The molecule has 1 aliphatic carbocycles. The van der Waals surface area contributed by atoms with Gasteiger partial charge in [-0.15, -0.1) is 6.58 Å². The van der Waals surface area contributed by atoms with E-state index in [4.69, 9.17) is 4.74 Å². The Morgan fingerprint density at radius 1 is 0.977 bits per heavy atom. The van der Waals surface area contributed by atoms with Crippen LogP contribution in [0.25, 0.3) is 0 Å². The number of fused-ring (bicyclic) bond motifs is 1. The molecule has 2 fully saturated rings. The largest absolute Gasteiger partial charge is 0.460 e. The minimum Gasteiger partial charge on any atom is -0.460 e. The van der Waals surface area contributed by atoms with Crippen molar-refractivity contribution in [1.29, 1.82) is 0 Å². The van der Waals surface area contributed by atoms with Crippen LogP contribution in [-0.4, -0.2) is 69.9 Å². The number of nitrogens with one attached hydrogen (secondary N) is 2. The molecule has 1 aliphatic heterocycles. The van der Waals surface area contributed by atoms with Crippen molar-refractivity contribution < 1.29 is 33.5 Å². The molecule has 2 aliphatic rings. The van der Waals surface area contributed by atoms with Crippen LogP contribution >= 0.6 is 0 Å². The SMILES string of the molecule is C=CCCC(CC(=O)[C@@H]1[C@H]2C[C@H]2CN1C(=O)[C@@H](NC(=O)NC(C)(C)C)C(C)(C)C)C(=O)C(=O)CCCC(=O)OC(C)(C)C. The van der Waals surface area contributed by atoms with Gasteiger partial charge in [0.15, 0.2) is 11.6 Å². The summed E-state index contributed by atoms with van der Waals surface area (Å²) < 4.78 is 5.26. The van der Waals surface area contributed by atoms with E-state index in [2.05, 4.69) is 17.2 Å². The highest BCUT2D eigenvalue weighted by Crippen LogP contribution is 2.50. The van der Waals surface area contributed by atoms with Gasteiger partial charge >= 0.3 is 12.0 Å². The van der Waals surface area contributed by atoms with Gasteiger partial charge in [-0.1, -0.05) is 26.8 Å². The van der Waals surface area contributed by atoms with E-state index in [0.29, 0.717) is 19.4 Å². The highest BCUT2D eigenvalue weighted by atomic mass is 16.6. The van der Waals surface area contributed by atoms with Crippen molar-refractivity contribution in [3.05, 3.63) is 12.7 Å². The molecule has 0 bridgehead atoms. The smallest absolute Gasteiger partial charge is 0.315 e. The van der Waals surface area contributed by atoms with Crippen LogP contribution in [0.1, 0.15) is 107 Å². The van der Waals surface area contributed by atoms with Crippen molar-refractivity contribution in [3.63, 3.8) is 0 Å². The molecule has 2 rings (SSSR count). The quantitative estimate of drug-likeness (QED) is 0.169. The number of rotatable bonds is 14. The molecule has 1 heterocycles. The topological polar surface area (TPSA) is 139 Å². The molecule has 242 valence electrons. The van der Waals surface area contributed by atoms with Crippen LogP contribution in [0.4, 0.5) is 4.79 Å². The lowest BCUT2D eigenvalue weighted by molar-refractivity contribution is -0.155. The fraction of sp³-hybridized carbons (Fsp3) is 0.758. The Kier molecular flexibility index (Phi) is 11.9. The number of urea groups is 1. The minimum atomic E-state index is -0.868. The van der Waals surface area contributed by atoms with Gasteiger partial charge < -0.3 is 20.3 Å². The van der Waals surface area contributed by atoms with E-state index in [1.807, 2.05) is 41.5 Å². The highest BCUT2D eigenvalue weighted by Gasteiger charge is 2.58. The van der Waals surface area contributed by atoms with Crippen LogP contribution in [0.15, 0.2) is 12.7 Å². The first-order valence-corrected chi connectivity index (χ1v) is 15.5. The van der Waals surface area contributed by atoms with E-state index in [9.17, 15) is 28.8 Å². The molecule has 0 aromatic heterocycles. The van der Waals surface area contributed by atoms with E-state index in [0.717, 1.165) is 6.42 Å². The van der Waals surface area contributed by atoms with Gasteiger partial charge in [0.2, 0.25) is 11.7 Å². The van der Waals surface area contributed by atoms with Crippen LogP contribution in [0.2, 0.25) is 0 Å². The normalized spacial score (nSPS) is 21.2. The summed E-state index contributed by atoms with van der Waals surface area (Å²) >= 11 is 0. The fourth-order valence-electron chi connectivity index (χ4n) is 5.57. The standard InChI is InChI=1S/C33H53N3O7/c1-11-12-14-20(27(40)23(37)15-13-16-25(39)43-33(8,9)10)18-24(38)26-22-17-21(22)19-36(26)29(41)28(31(2,3)4)34-30(42)35-32(5,6)7/h11,20-22,26,28H,1,12-19H2,2-10H3,(H2,34,35,42)/t20?,21-,22-,26-,28+/m0/s1. The number of allylic oxidation sites excluding steroid dienone is 1. The van der Waals surface area contributed by atoms with Crippen molar-refractivity contribution in [3.8, 4) is 0 Å². The summed E-state index contributed by atoms with van der Waals surface area (Å²) in [6, 6.07) is -2.03. The molecular formula is C33H53N3O7. The number of esters is 1. The van der Waals surface area contributed by atoms with Crippen LogP contribution in [0.3, 0.4) is 0 Å². The first-order valence-electron chi connectivity index (χ1n) is 15.5. The lowest BCUT2D eigenvalue weighted by Gasteiger charge is -2.37. The van der Waals surface area contributed by atoms with E-state index < -0.39 is 58.1 Å². The van der Waals surface area contributed by atoms with Gasteiger partial charge in [0.25, 0.3) is 0 Å². The number of hydrogen-bond acceptors (Lipinski definition) is 7. The monoisotopic (exact) mass is 603 g/mol. The second-order valence-corrected chi connectivity index (χ2v) is 15.2. The van der Waals surface area contributed by atoms with E-state index in [1.165, 1.54) is 0 Å². The molecule has 1 saturated carbocycles. The lowest BCUT2D eigenvalue weighted by atomic mass is 9.84. The maximum absolute atomic E-state index is 13.9. The lowest BCUT2D eigenvalue weighted by Crippen LogP contribution is -2.60. The number of hydrogen-bond donors (Lipinski definition) is 2. The Morgan fingerprint density at radius 2 is 1.60 bits per heavy atom. The molecule has 1 unspecified atom stereocenters. The molecule has 0 spiro atoms. The third-order valence-corrected chi connectivity index (χ3v) is 7.66. The maximum atomic E-state index is 13.9. The summed E-state index contributed by atoms with van der Waals surface area (Å²) in [5.41, 5.74) is -1.75. The summed E-state index contributed by atoms with van der Waals surface area (Å²) in [5, 5.41) is 5.65. The third-order valence-electron chi connectivity index (χ3n) is 7.66. The fourth-order valence-corrected chi connectivity index (χ4v) is 5.57. The molecule has 3 amide bonds. The highest BCUT2D eigenvalue weighted by molar-refractivity contribution is 6.38. The molecule has 1 saturated heterocycles. The van der Waals surface area contributed by atoms with Crippen LogP contribution in [0.5, 0.6) is 0 Å². The Labute approximate surface area is 257 Å².